The van der Waals surface area contributed by atoms with Crippen LogP contribution in [0, 0.1) is 11.8 Å². The third-order valence-electron chi connectivity index (χ3n) is 9.87. The van der Waals surface area contributed by atoms with Crippen molar-refractivity contribution in [3.63, 3.8) is 0 Å². The Morgan fingerprint density at radius 1 is 0.545 bits per heavy atom. The third kappa shape index (κ3) is 6.74. The second-order valence-corrected chi connectivity index (χ2v) is 13.0. The number of hydrogen-bond acceptors (Lipinski definition) is 3. The van der Waals surface area contributed by atoms with E-state index in [0.717, 1.165) is 38.5 Å². The molecule has 3 heteroatoms. The van der Waals surface area contributed by atoms with Crippen molar-refractivity contribution in [1.82, 2.24) is 0 Å². The molecular weight excluding hydrogens is 557 g/mol. The van der Waals surface area contributed by atoms with Crippen molar-refractivity contribution < 1.29 is 9.47 Å². The molecule has 0 aliphatic heterocycles. The van der Waals surface area contributed by atoms with Gasteiger partial charge in [-0.05, 0) is 72.6 Å². The van der Waals surface area contributed by atoms with Crippen molar-refractivity contribution >= 4 is 17.5 Å². The summed E-state index contributed by atoms with van der Waals surface area (Å²) in [5.41, 5.74) is 6.91. The molecule has 0 bridgehead atoms. The van der Waals surface area contributed by atoms with E-state index in [4.69, 9.17) is 21.7 Å². The van der Waals surface area contributed by atoms with Crippen molar-refractivity contribution in [3.8, 4) is 0 Å². The number of thiocarbonyl (C=S) groups is 1. The predicted octanol–water partition coefficient (Wildman–Crippen LogP) is 9.99. The van der Waals surface area contributed by atoms with Gasteiger partial charge in [-0.3, -0.25) is 0 Å². The van der Waals surface area contributed by atoms with Gasteiger partial charge in [-0.1, -0.05) is 146 Å². The molecular formula is C41H42O2S. The molecule has 0 N–H and O–H groups in total. The Labute approximate surface area is 268 Å². The van der Waals surface area contributed by atoms with E-state index in [1.54, 1.807) is 0 Å². The third-order valence-corrected chi connectivity index (χ3v) is 10.1. The molecule has 2 nitrogen and oxygen atoms in total. The molecule has 2 unspecified atom stereocenters. The van der Waals surface area contributed by atoms with Gasteiger partial charge in [0.05, 0.1) is 10.8 Å². The highest BCUT2D eigenvalue weighted by molar-refractivity contribution is 7.79. The molecule has 0 saturated heterocycles. The van der Waals surface area contributed by atoms with E-state index in [1.807, 2.05) is 0 Å². The molecule has 0 spiro atoms. The van der Waals surface area contributed by atoms with Gasteiger partial charge in [0.15, 0.2) is 0 Å². The first-order valence-corrected chi connectivity index (χ1v) is 16.3. The van der Waals surface area contributed by atoms with Crippen LogP contribution in [0.4, 0.5) is 0 Å². The fraction of sp³-hybridized carbons (Fsp3) is 0.293. The van der Waals surface area contributed by atoms with Gasteiger partial charge in [-0.2, -0.15) is 0 Å². The number of hydrogen-bond donors (Lipinski definition) is 0. The Hall–Kier alpha value is -3.95. The number of allylic oxidation sites excluding steroid dienone is 2. The van der Waals surface area contributed by atoms with Crippen LogP contribution in [-0.4, -0.2) is 18.5 Å². The summed E-state index contributed by atoms with van der Waals surface area (Å²) in [5.74, 6) is 1.18. The molecule has 6 rings (SSSR count). The lowest BCUT2D eigenvalue weighted by molar-refractivity contribution is 0.121. The van der Waals surface area contributed by atoms with Crippen LogP contribution in [0.3, 0.4) is 0 Å². The largest absolute Gasteiger partial charge is 0.456 e. The van der Waals surface area contributed by atoms with E-state index in [0.29, 0.717) is 25.0 Å². The molecule has 2 fully saturated rings. The minimum atomic E-state index is -0.360. The number of benzene rings is 4. The van der Waals surface area contributed by atoms with E-state index in [9.17, 15) is 0 Å². The summed E-state index contributed by atoms with van der Waals surface area (Å²) in [7, 11) is 0. The molecule has 4 aromatic carbocycles. The monoisotopic (exact) mass is 598 g/mol. The lowest BCUT2D eigenvalue weighted by atomic mass is 9.71. The first-order chi connectivity index (χ1) is 21.5. The fourth-order valence-electron chi connectivity index (χ4n) is 6.79. The van der Waals surface area contributed by atoms with Crippen LogP contribution in [0.1, 0.15) is 60.8 Å². The average Bonchev–Trinajstić information content (AvgIpc) is 4.00. The summed E-state index contributed by atoms with van der Waals surface area (Å²) in [5, 5.41) is 0.198. The molecule has 0 heterocycles. The van der Waals surface area contributed by atoms with Gasteiger partial charge in [-0.15, -0.1) is 0 Å². The Morgan fingerprint density at radius 3 is 1.07 bits per heavy atom. The van der Waals surface area contributed by atoms with Gasteiger partial charge >= 0.3 is 5.24 Å². The van der Waals surface area contributed by atoms with Crippen molar-refractivity contribution in [2.45, 2.75) is 49.4 Å². The molecule has 4 aromatic rings. The zero-order chi connectivity index (χ0) is 30.4. The normalized spacial score (nSPS) is 17.6. The summed E-state index contributed by atoms with van der Waals surface area (Å²) >= 11 is 5.85. The standard InChI is InChI=1S/C41H42O2S/c1-31-27-33(31)23-25-40(35-15-7-3-8-16-35,36-17-9-4-10-18-36)29-42-39(44)43-30-41(26-24-34-28-32(34)2,37-19-11-5-12-20-37)38-21-13-6-14-22-38/h3-22,33-34H,1-2,23-30H2. The van der Waals surface area contributed by atoms with E-state index in [1.165, 1.54) is 33.4 Å². The molecule has 0 amide bonds. The average molecular weight is 599 g/mol. The van der Waals surface area contributed by atoms with Gasteiger partial charge in [-0.25, -0.2) is 0 Å². The highest BCUT2D eigenvalue weighted by Gasteiger charge is 2.41. The van der Waals surface area contributed by atoms with Gasteiger partial charge in [0.25, 0.3) is 0 Å². The molecule has 0 radical (unpaired) electrons. The minimum absolute atomic E-state index is 0.198. The first-order valence-electron chi connectivity index (χ1n) is 15.9. The van der Waals surface area contributed by atoms with Crippen LogP contribution in [-0.2, 0) is 20.3 Å². The number of rotatable bonds is 14. The predicted molar refractivity (Wildman–Crippen MR) is 185 cm³/mol. The maximum absolute atomic E-state index is 6.49. The molecule has 44 heavy (non-hydrogen) atoms. The summed E-state index contributed by atoms with van der Waals surface area (Å²) in [6, 6.07) is 42.9. The molecule has 224 valence electrons. The summed E-state index contributed by atoms with van der Waals surface area (Å²) < 4.78 is 13.0. The van der Waals surface area contributed by atoms with E-state index >= 15 is 0 Å². The van der Waals surface area contributed by atoms with Crippen LogP contribution in [0.5, 0.6) is 0 Å². The van der Waals surface area contributed by atoms with E-state index in [-0.39, 0.29) is 16.1 Å². The van der Waals surface area contributed by atoms with Crippen LogP contribution < -0.4 is 0 Å². The second kappa shape index (κ2) is 13.4. The van der Waals surface area contributed by atoms with Crippen molar-refractivity contribution in [2.24, 2.45) is 11.8 Å². The summed E-state index contributed by atoms with van der Waals surface area (Å²) in [6.45, 7) is 9.26. The molecule has 2 atom stereocenters. The van der Waals surface area contributed by atoms with Crippen molar-refractivity contribution in [2.75, 3.05) is 13.2 Å². The Bertz CT molecular complexity index is 1360. The highest BCUT2D eigenvalue weighted by atomic mass is 32.1. The summed E-state index contributed by atoms with van der Waals surface area (Å²) in [4.78, 5) is 0. The lowest BCUT2D eigenvalue weighted by Gasteiger charge is -2.37. The van der Waals surface area contributed by atoms with Crippen LogP contribution in [0.25, 0.3) is 0 Å². The van der Waals surface area contributed by atoms with Crippen LogP contribution in [0.15, 0.2) is 146 Å². The Kier molecular flexibility index (Phi) is 9.14. The Balaban J connectivity index is 1.26. The van der Waals surface area contributed by atoms with Crippen molar-refractivity contribution in [1.29, 1.82) is 0 Å². The highest BCUT2D eigenvalue weighted by Crippen LogP contribution is 2.47. The van der Waals surface area contributed by atoms with E-state index in [2.05, 4.69) is 134 Å². The zero-order valence-corrected chi connectivity index (χ0v) is 26.3. The summed E-state index contributed by atoms with van der Waals surface area (Å²) in [6.07, 6.45) is 6.26. The smallest absolute Gasteiger partial charge is 0.352 e. The SMILES string of the molecule is C=C1CC1CCC(COC(=S)OCC(CCC1CC1=C)(c1ccccc1)c1ccccc1)(c1ccccc1)c1ccccc1. The van der Waals surface area contributed by atoms with Crippen LogP contribution >= 0.6 is 12.2 Å². The molecule has 2 aliphatic rings. The zero-order valence-electron chi connectivity index (χ0n) is 25.5. The van der Waals surface area contributed by atoms with Gasteiger partial charge in [0.1, 0.15) is 13.2 Å². The van der Waals surface area contributed by atoms with E-state index < -0.39 is 0 Å². The van der Waals surface area contributed by atoms with Gasteiger partial charge < -0.3 is 9.47 Å². The minimum Gasteiger partial charge on any atom is -0.456 e. The van der Waals surface area contributed by atoms with Gasteiger partial charge in [0, 0.05) is 12.2 Å². The maximum atomic E-state index is 6.49. The lowest BCUT2D eigenvalue weighted by Crippen LogP contribution is -2.37. The molecule has 2 saturated carbocycles. The van der Waals surface area contributed by atoms with Crippen LogP contribution in [0.2, 0.25) is 0 Å². The quantitative estimate of drug-likeness (QED) is 0.106. The number of ether oxygens (including phenoxy) is 2. The molecule has 2 aliphatic carbocycles. The Morgan fingerprint density at radius 2 is 0.818 bits per heavy atom. The first kappa shape index (κ1) is 30.1. The van der Waals surface area contributed by atoms with Gasteiger partial charge in [0.2, 0.25) is 0 Å². The topological polar surface area (TPSA) is 18.5 Å². The second-order valence-electron chi connectivity index (χ2n) is 12.7. The fourth-order valence-corrected chi connectivity index (χ4v) is 6.91. The molecule has 0 aromatic heterocycles. The van der Waals surface area contributed by atoms with Crippen molar-refractivity contribution in [3.05, 3.63) is 168 Å². The maximum Gasteiger partial charge on any atom is 0.352 e.